The van der Waals surface area contributed by atoms with Crippen LogP contribution in [0.5, 0.6) is 0 Å². The van der Waals surface area contributed by atoms with Crippen molar-refractivity contribution in [3.05, 3.63) is 82.5 Å². The first-order valence-corrected chi connectivity index (χ1v) is 12.3. The molecule has 0 aliphatic carbocycles. The van der Waals surface area contributed by atoms with Gasteiger partial charge in [-0.25, -0.2) is 14.3 Å². The molecule has 2 aromatic carbocycles. The summed E-state index contributed by atoms with van der Waals surface area (Å²) in [7, 11) is 0. The van der Waals surface area contributed by atoms with Crippen LogP contribution in [0.3, 0.4) is 0 Å². The number of nitrogens with zero attached hydrogens (tertiary/aromatic N) is 7. The van der Waals surface area contributed by atoms with Crippen LogP contribution in [-0.4, -0.2) is 73.0 Å². The van der Waals surface area contributed by atoms with Gasteiger partial charge in [0.1, 0.15) is 12.7 Å². The van der Waals surface area contributed by atoms with Crippen molar-refractivity contribution < 1.29 is 4.79 Å². The maximum absolute atomic E-state index is 13.8. The number of halogens is 2. The van der Waals surface area contributed by atoms with Gasteiger partial charge in [-0.1, -0.05) is 54.4 Å². The molecule has 1 aliphatic heterocycles. The first-order valence-electron chi connectivity index (χ1n) is 11.5. The van der Waals surface area contributed by atoms with Gasteiger partial charge in [0.15, 0.2) is 5.69 Å². The first-order chi connectivity index (χ1) is 17.0. The summed E-state index contributed by atoms with van der Waals surface area (Å²) >= 11 is 12.8. The fraction of sp³-hybridized carbons (Fsp3) is 0.280. The van der Waals surface area contributed by atoms with Crippen LogP contribution >= 0.6 is 23.2 Å². The third kappa shape index (κ3) is 4.82. The highest BCUT2D eigenvalue weighted by atomic mass is 35.5. The van der Waals surface area contributed by atoms with Crippen LogP contribution in [0.1, 0.15) is 23.0 Å². The van der Waals surface area contributed by atoms with Gasteiger partial charge in [0, 0.05) is 42.3 Å². The molecule has 1 saturated heterocycles. The van der Waals surface area contributed by atoms with Crippen LogP contribution in [-0.2, 0) is 6.54 Å². The van der Waals surface area contributed by atoms with Crippen LogP contribution < -0.4 is 0 Å². The molecule has 0 radical (unpaired) electrons. The van der Waals surface area contributed by atoms with Crippen LogP contribution in [0.4, 0.5) is 0 Å². The smallest absolute Gasteiger partial charge is 0.274 e. The molecule has 0 bridgehead atoms. The molecule has 2 aromatic heterocycles. The number of hydrogen-bond acceptors (Lipinski definition) is 5. The van der Waals surface area contributed by atoms with Crippen LogP contribution in [0.2, 0.25) is 10.0 Å². The molecule has 5 rings (SSSR count). The summed E-state index contributed by atoms with van der Waals surface area (Å²) in [5, 5.41) is 10.3. The van der Waals surface area contributed by atoms with E-state index in [0.717, 1.165) is 36.5 Å². The number of rotatable bonds is 6. The monoisotopic (exact) mass is 509 g/mol. The number of carbonyl (C=O) groups excluding carboxylic acids is 1. The molecular weight excluding hydrogens is 485 g/mol. The van der Waals surface area contributed by atoms with Gasteiger partial charge in [-0.2, -0.15) is 10.2 Å². The van der Waals surface area contributed by atoms with E-state index >= 15 is 0 Å². The zero-order valence-corrected chi connectivity index (χ0v) is 20.8. The van der Waals surface area contributed by atoms with Crippen LogP contribution in [0, 0.1) is 0 Å². The van der Waals surface area contributed by atoms with E-state index in [1.54, 1.807) is 15.7 Å². The van der Waals surface area contributed by atoms with Crippen molar-refractivity contribution >= 4 is 29.1 Å². The number of piperazine rings is 1. The Kier molecular flexibility index (Phi) is 6.86. The van der Waals surface area contributed by atoms with Gasteiger partial charge in [0.05, 0.1) is 22.9 Å². The van der Waals surface area contributed by atoms with Crippen LogP contribution in [0.25, 0.3) is 16.9 Å². The fourth-order valence-corrected chi connectivity index (χ4v) is 4.71. The number of carbonyl (C=O) groups is 1. The second-order valence-electron chi connectivity index (χ2n) is 8.37. The SMILES string of the molecule is CCN1CCN(C(=O)c2nn(-c3ccccc3Cl)c(-c3ccc(Cl)cc3)c2Cn2cncn2)CC1. The second kappa shape index (κ2) is 10.2. The highest BCUT2D eigenvalue weighted by molar-refractivity contribution is 6.32. The Morgan fingerprint density at radius 1 is 1.00 bits per heavy atom. The first kappa shape index (κ1) is 23.5. The maximum Gasteiger partial charge on any atom is 0.274 e. The second-order valence-corrected chi connectivity index (χ2v) is 9.21. The van der Waals surface area contributed by atoms with Gasteiger partial charge in [-0.15, -0.1) is 0 Å². The summed E-state index contributed by atoms with van der Waals surface area (Å²) in [6.07, 6.45) is 3.11. The lowest BCUT2D eigenvalue weighted by Gasteiger charge is -2.33. The highest BCUT2D eigenvalue weighted by Gasteiger charge is 2.30. The van der Waals surface area contributed by atoms with E-state index in [4.69, 9.17) is 28.3 Å². The predicted octanol–water partition coefficient (Wildman–Crippen LogP) is 4.26. The molecule has 3 heterocycles. The van der Waals surface area contributed by atoms with Gasteiger partial charge >= 0.3 is 0 Å². The van der Waals surface area contributed by atoms with Crippen molar-refractivity contribution in [3.63, 3.8) is 0 Å². The highest BCUT2D eigenvalue weighted by Crippen LogP contribution is 2.33. The largest absolute Gasteiger partial charge is 0.335 e. The molecule has 0 atom stereocenters. The standard InChI is InChI=1S/C25H25Cl2N7O/c1-2-31-11-13-32(14-12-31)25(35)23-20(15-33-17-28-16-29-33)24(18-7-9-19(26)10-8-18)34(30-23)22-6-4-3-5-21(22)27/h3-10,16-17H,2,11-15H2,1H3. The molecule has 0 unspecified atom stereocenters. The van der Waals surface area contributed by atoms with Crippen molar-refractivity contribution in [2.45, 2.75) is 13.5 Å². The Hall–Kier alpha value is -3.20. The number of aromatic nitrogens is 5. The minimum absolute atomic E-state index is 0.100. The van der Waals surface area contributed by atoms with E-state index in [9.17, 15) is 4.79 Å². The van der Waals surface area contributed by atoms with E-state index in [0.29, 0.717) is 41.1 Å². The molecule has 35 heavy (non-hydrogen) atoms. The number of hydrogen-bond donors (Lipinski definition) is 0. The van der Waals surface area contributed by atoms with Crippen LogP contribution in [0.15, 0.2) is 61.2 Å². The third-order valence-electron chi connectivity index (χ3n) is 6.28. The Balaban J connectivity index is 1.68. The number of likely N-dealkylation sites (N-methyl/N-ethyl adjacent to an activating group) is 1. The summed E-state index contributed by atoms with van der Waals surface area (Å²) in [5.74, 6) is -0.100. The Morgan fingerprint density at radius 3 is 2.40 bits per heavy atom. The maximum atomic E-state index is 13.8. The van der Waals surface area contributed by atoms with Gasteiger partial charge in [0.25, 0.3) is 5.91 Å². The Labute approximate surface area is 213 Å². The molecule has 10 heteroatoms. The third-order valence-corrected chi connectivity index (χ3v) is 6.85. The molecular formula is C25H25Cl2N7O. The normalized spacial score (nSPS) is 14.4. The van der Waals surface area contributed by atoms with Crippen molar-refractivity contribution in [2.24, 2.45) is 0 Å². The molecule has 1 fully saturated rings. The van der Waals surface area contributed by atoms with E-state index in [1.165, 1.54) is 6.33 Å². The van der Waals surface area contributed by atoms with Gasteiger partial charge in [0.2, 0.25) is 0 Å². The Bertz CT molecular complexity index is 1310. The van der Waals surface area contributed by atoms with E-state index in [2.05, 4.69) is 21.9 Å². The quantitative estimate of drug-likeness (QED) is 0.388. The zero-order valence-electron chi connectivity index (χ0n) is 19.3. The summed E-state index contributed by atoms with van der Waals surface area (Å²) in [6.45, 7) is 6.44. The predicted molar refractivity (Wildman–Crippen MR) is 136 cm³/mol. The fourth-order valence-electron chi connectivity index (χ4n) is 4.37. The summed E-state index contributed by atoms with van der Waals surface area (Å²) in [6, 6.07) is 15.0. The van der Waals surface area contributed by atoms with Crippen molar-refractivity contribution in [2.75, 3.05) is 32.7 Å². The number of benzene rings is 2. The summed E-state index contributed by atoms with van der Waals surface area (Å²) in [5.41, 5.74) is 3.46. The van der Waals surface area contributed by atoms with Crippen molar-refractivity contribution in [1.29, 1.82) is 0 Å². The van der Waals surface area contributed by atoms with E-state index in [-0.39, 0.29) is 5.91 Å². The molecule has 1 amide bonds. The number of para-hydroxylation sites is 1. The molecule has 0 spiro atoms. The van der Waals surface area contributed by atoms with Gasteiger partial charge in [-0.05, 0) is 30.8 Å². The molecule has 4 aromatic rings. The zero-order chi connectivity index (χ0) is 24.4. The molecule has 8 nitrogen and oxygen atoms in total. The summed E-state index contributed by atoms with van der Waals surface area (Å²) < 4.78 is 3.45. The summed E-state index contributed by atoms with van der Waals surface area (Å²) in [4.78, 5) is 22.1. The van der Waals surface area contributed by atoms with Gasteiger partial charge < -0.3 is 9.80 Å². The molecule has 1 aliphatic rings. The topological polar surface area (TPSA) is 72.1 Å². The lowest BCUT2D eigenvalue weighted by molar-refractivity contribution is 0.0636. The van der Waals surface area contributed by atoms with E-state index < -0.39 is 0 Å². The van der Waals surface area contributed by atoms with Gasteiger partial charge in [-0.3, -0.25) is 4.79 Å². The van der Waals surface area contributed by atoms with Crippen molar-refractivity contribution in [1.82, 2.24) is 34.3 Å². The average molecular weight is 510 g/mol. The lowest BCUT2D eigenvalue weighted by Crippen LogP contribution is -2.48. The minimum Gasteiger partial charge on any atom is -0.335 e. The molecule has 0 N–H and O–H groups in total. The lowest BCUT2D eigenvalue weighted by atomic mass is 10.0. The minimum atomic E-state index is -0.100. The van der Waals surface area contributed by atoms with E-state index in [1.807, 2.05) is 53.4 Å². The van der Waals surface area contributed by atoms with Crippen molar-refractivity contribution in [3.8, 4) is 16.9 Å². The average Bonchev–Trinajstić information content (AvgIpc) is 3.53. The number of amides is 1. The Morgan fingerprint density at radius 2 is 1.74 bits per heavy atom. The molecule has 0 saturated carbocycles. The molecule has 180 valence electrons.